The van der Waals surface area contributed by atoms with Crippen LogP contribution in [-0.2, 0) is 0 Å². The summed E-state index contributed by atoms with van der Waals surface area (Å²) in [6.07, 6.45) is -2.19. The fraction of sp³-hybridized carbons (Fsp3) is 0.292. The van der Waals surface area contributed by atoms with E-state index in [1.165, 1.54) is 0 Å². The zero-order chi connectivity index (χ0) is 23.0. The molecule has 0 spiro atoms. The number of nitrogens with zero attached hydrogens (tertiary/aromatic N) is 2. The Balaban J connectivity index is 1.83. The van der Waals surface area contributed by atoms with Gasteiger partial charge in [-0.3, -0.25) is 9.78 Å². The number of rotatable bonds is 4. The summed E-state index contributed by atoms with van der Waals surface area (Å²) in [7, 11) is 0. The number of carbonyl (C=O) groups is 1. The highest BCUT2D eigenvalue weighted by Gasteiger charge is 2.39. The van der Waals surface area contributed by atoms with Crippen molar-refractivity contribution in [2.75, 3.05) is 0 Å². The van der Waals surface area contributed by atoms with Gasteiger partial charge in [0.05, 0.1) is 28.4 Å². The number of alkyl halides is 3. The molecule has 0 radical (unpaired) electrons. The molecule has 1 amide bonds. The van der Waals surface area contributed by atoms with Gasteiger partial charge in [-0.15, -0.1) is 0 Å². The third kappa shape index (κ3) is 4.41. The molecule has 1 aliphatic carbocycles. The first-order valence-electron chi connectivity index (χ1n) is 10.3. The van der Waals surface area contributed by atoms with Gasteiger partial charge in [0, 0.05) is 16.9 Å². The molecule has 0 bridgehead atoms. The largest absolute Gasteiger partial charge is 0.392 e. The van der Waals surface area contributed by atoms with Crippen LogP contribution in [0.1, 0.15) is 59.4 Å². The van der Waals surface area contributed by atoms with E-state index in [4.69, 9.17) is 10.7 Å². The Kier molecular flexibility index (Phi) is 6.07. The maximum atomic E-state index is 13.1. The summed E-state index contributed by atoms with van der Waals surface area (Å²) in [5.41, 5.74) is 9.45. The lowest BCUT2D eigenvalue weighted by Crippen LogP contribution is -2.24. The van der Waals surface area contributed by atoms with Crippen LogP contribution in [0.2, 0.25) is 0 Å². The first-order chi connectivity index (χ1) is 15.1. The summed E-state index contributed by atoms with van der Waals surface area (Å²) in [5, 5.41) is 0.716. The van der Waals surface area contributed by atoms with Crippen LogP contribution >= 0.6 is 15.9 Å². The number of primary amides is 1. The minimum absolute atomic E-state index is 0.0419. The van der Waals surface area contributed by atoms with Crippen LogP contribution < -0.4 is 5.73 Å². The molecule has 1 aliphatic rings. The topological polar surface area (TPSA) is 68.9 Å². The van der Waals surface area contributed by atoms with Gasteiger partial charge >= 0.3 is 6.18 Å². The number of benzene rings is 1. The van der Waals surface area contributed by atoms with Gasteiger partial charge in [-0.1, -0.05) is 37.3 Å². The van der Waals surface area contributed by atoms with Crippen LogP contribution in [0.25, 0.3) is 16.5 Å². The van der Waals surface area contributed by atoms with E-state index in [2.05, 4.69) is 20.9 Å². The number of halogens is 4. The molecule has 2 aromatic heterocycles. The minimum Gasteiger partial charge on any atom is -0.366 e. The second kappa shape index (κ2) is 8.65. The Labute approximate surface area is 191 Å². The maximum absolute atomic E-state index is 13.1. The van der Waals surface area contributed by atoms with Crippen molar-refractivity contribution in [2.45, 2.75) is 38.3 Å². The Morgan fingerprint density at radius 1 is 1.19 bits per heavy atom. The number of hydrogen-bond acceptors (Lipinski definition) is 3. The average molecular weight is 504 g/mol. The number of fused-ring (bicyclic) bond motifs is 1. The van der Waals surface area contributed by atoms with Crippen molar-refractivity contribution in [1.82, 2.24) is 9.97 Å². The molecule has 4 nitrogen and oxygen atoms in total. The van der Waals surface area contributed by atoms with Gasteiger partial charge in [0.2, 0.25) is 0 Å². The van der Waals surface area contributed by atoms with Gasteiger partial charge in [0.15, 0.2) is 0 Å². The van der Waals surface area contributed by atoms with Gasteiger partial charge in [0.1, 0.15) is 4.60 Å². The van der Waals surface area contributed by atoms with Crippen molar-refractivity contribution in [3.8, 4) is 0 Å². The molecule has 1 unspecified atom stereocenters. The van der Waals surface area contributed by atoms with E-state index in [1.54, 1.807) is 18.2 Å². The van der Waals surface area contributed by atoms with Crippen LogP contribution in [-0.4, -0.2) is 22.1 Å². The molecule has 0 aliphatic heterocycles. The number of amides is 1. The van der Waals surface area contributed by atoms with Gasteiger partial charge in [-0.2, -0.15) is 13.2 Å². The molecule has 166 valence electrons. The molecule has 2 heterocycles. The van der Waals surface area contributed by atoms with Crippen LogP contribution in [0.4, 0.5) is 13.2 Å². The van der Waals surface area contributed by atoms with Crippen molar-refractivity contribution in [3.05, 3.63) is 75.7 Å². The lowest BCUT2D eigenvalue weighted by atomic mass is 9.85. The number of nitrogens with two attached hydrogens (primary N) is 1. The van der Waals surface area contributed by atoms with E-state index in [9.17, 15) is 18.0 Å². The SMILES string of the molecule is C[C@@H](c1cccc(Br)n1)c1nc2c(C3=CCC(C(F)(F)F)CC3)cccc2cc1C(N)=O. The second-order valence-electron chi connectivity index (χ2n) is 8.01. The van der Waals surface area contributed by atoms with Crippen molar-refractivity contribution in [2.24, 2.45) is 11.7 Å². The average Bonchev–Trinajstić information content (AvgIpc) is 2.76. The Bertz CT molecular complexity index is 1220. The lowest BCUT2D eigenvalue weighted by Gasteiger charge is -2.25. The third-order valence-electron chi connectivity index (χ3n) is 5.95. The van der Waals surface area contributed by atoms with E-state index >= 15 is 0 Å². The number of allylic oxidation sites excluding steroid dienone is 2. The van der Waals surface area contributed by atoms with Crippen LogP contribution in [0.3, 0.4) is 0 Å². The van der Waals surface area contributed by atoms with Crippen LogP contribution in [0, 0.1) is 5.92 Å². The highest BCUT2D eigenvalue weighted by atomic mass is 79.9. The molecule has 8 heteroatoms. The van der Waals surface area contributed by atoms with Crippen LogP contribution in [0.5, 0.6) is 0 Å². The number of hydrogen-bond donors (Lipinski definition) is 1. The van der Waals surface area contributed by atoms with Gasteiger partial charge in [-0.25, -0.2) is 4.98 Å². The zero-order valence-electron chi connectivity index (χ0n) is 17.3. The summed E-state index contributed by atoms with van der Waals surface area (Å²) in [6, 6.07) is 12.7. The third-order valence-corrected chi connectivity index (χ3v) is 6.39. The van der Waals surface area contributed by atoms with Crippen LogP contribution in [0.15, 0.2) is 53.1 Å². The smallest absolute Gasteiger partial charge is 0.366 e. The van der Waals surface area contributed by atoms with E-state index in [-0.39, 0.29) is 18.8 Å². The van der Waals surface area contributed by atoms with Gasteiger partial charge < -0.3 is 5.73 Å². The summed E-state index contributed by atoms with van der Waals surface area (Å²) in [4.78, 5) is 21.5. The van der Waals surface area contributed by atoms with Gasteiger partial charge in [0.25, 0.3) is 5.91 Å². The summed E-state index contributed by atoms with van der Waals surface area (Å²) in [5.74, 6) is -2.22. The quantitative estimate of drug-likeness (QED) is 0.419. The number of carbonyl (C=O) groups excluding carboxylic acids is 1. The first-order valence-corrected chi connectivity index (χ1v) is 11.1. The fourth-order valence-electron chi connectivity index (χ4n) is 4.18. The first kappa shape index (κ1) is 22.5. The molecule has 2 N–H and O–H groups in total. The van der Waals surface area contributed by atoms with Crippen molar-refractivity contribution in [1.29, 1.82) is 0 Å². The number of para-hydroxylation sites is 1. The van der Waals surface area contributed by atoms with Crippen molar-refractivity contribution >= 4 is 38.3 Å². The van der Waals surface area contributed by atoms with Gasteiger partial charge in [-0.05, 0) is 59.0 Å². The second-order valence-corrected chi connectivity index (χ2v) is 8.82. The van der Waals surface area contributed by atoms with Crippen molar-refractivity contribution < 1.29 is 18.0 Å². The molecule has 32 heavy (non-hydrogen) atoms. The summed E-state index contributed by atoms with van der Waals surface area (Å²) in [6.45, 7) is 1.89. The van der Waals surface area contributed by atoms with E-state index in [0.29, 0.717) is 33.2 Å². The molecule has 0 fully saturated rings. The fourth-order valence-corrected chi connectivity index (χ4v) is 4.54. The molecule has 0 saturated carbocycles. The summed E-state index contributed by atoms with van der Waals surface area (Å²) < 4.78 is 39.9. The van der Waals surface area contributed by atoms with Crippen molar-refractivity contribution in [3.63, 3.8) is 0 Å². The molecular formula is C24H21BrF3N3O. The molecule has 3 aromatic rings. The predicted octanol–water partition coefficient (Wildman–Crippen LogP) is 6.39. The molecule has 2 atom stereocenters. The Morgan fingerprint density at radius 3 is 2.56 bits per heavy atom. The predicted molar refractivity (Wildman–Crippen MR) is 121 cm³/mol. The summed E-state index contributed by atoms with van der Waals surface area (Å²) >= 11 is 3.36. The maximum Gasteiger partial charge on any atom is 0.392 e. The van der Waals surface area contributed by atoms with E-state index < -0.39 is 18.0 Å². The minimum atomic E-state index is -4.19. The molecule has 0 saturated heterocycles. The Morgan fingerprint density at radius 2 is 1.94 bits per heavy atom. The number of aromatic nitrogens is 2. The lowest BCUT2D eigenvalue weighted by molar-refractivity contribution is -0.175. The van der Waals surface area contributed by atoms with E-state index in [1.807, 2.05) is 37.3 Å². The zero-order valence-corrected chi connectivity index (χ0v) is 18.9. The standard InChI is InChI=1S/C24H21BrF3N3O/c1-13(19-6-3-7-20(25)30-19)21-18(23(29)32)12-15-4-2-5-17(22(15)31-21)14-8-10-16(11-9-14)24(26,27)28/h2-8,12-13,16H,9-11H2,1H3,(H2,29,32)/t13-,16?/m0/s1. The normalized spacial score (nSPS) is 17.8. The highest BCUT2D eigenvalue weighted by Crippen LogP contribution is 2.41. The Hall–Kier alpha value is -2.74. The molecule has 4 rings (SSSR count). The number of pyridine rings is 2. The highest BCUT2D eigenvalue weighted by molar-refractivity contribution is 9.10. The molecular weight excluding hydrogens is 483 g/mol. The molecule has 1 aromatic carbocycles. The monoisotopic (exact) mass is 503 g/mol. The van der Waals surface area contributed by atoms with E-state index in [0.717, 1.165) is 16.8 Å².